The van der Waals surface area contributed by atoms with Crippen molar-refractivity contribution in [1.82, 2.24) is 0 Å². The van der Waals surface area contributed by atoms with E-state index in [2.05, 4.69) is 21.2 Å². The summed E-state index contributed by atoms with van der Waals surface area (Å²) in [5.74, 6) is -0.0574. The van der Waals surface area contributed by atoms with Gasteiger partial charge in [0.25, 0.3) is 0 Å². The molecule has 1 aliphatic carbocycles. The number of nitrogens with two attached hydrogens (primary N) is 1. The largest absolute Gasteiger partial charge is 0.351 e. The van der Waals surface area contributed by atoms with E-state index >= 15 is 0 Å². The van der Waals surface area contributed by atoms with Gasteiger partial charge < -0.3 is 11.1 Å². The number of fused-ring (bicyclic) bond motifs is 1. The van der Waals surface area contributed by atoms with Gasteiger partial charge >= 0.3 is 6.03 Å². The number of nitrogens with one attached hydrogen (secondary N) is 1. The summed E-state index contributed by atoms with van der Waals surface area (Å²) in [4.78, 5) is 26.3. The number of urea groups is 1. The van der Waals surface area contributed by atoms with Gasteiger partial charge in [-0.05, 0) is 67.1 Å². The van der Waals surface area contributed by atoms with E-state index in [9.17, 15) is 9.59 Å². The van der Waals surface area contributed by atoms with Crippen LogP contribution in [0, 0.1) is 0 Å². The molecular weight excluding hydrogens is 430 g/mol. The highest BCUT2D eigenvalue weighted by molar-refractivity contribution is 9.10. The van der Waals surface area contributed by atoms with Crippen molar-refractivity contribution in [1.29, 1.82) is 0 Å². The minimum atomic E-state index is -0.549. The summed E-state index contributed by atoms with van der Waals surface area (Å²) in [6, 6.07) is 10.8. The van der Waals surface area contributed by atoms with Crippen molar-refractivity contribution in [3.63, 3.8) is 0 Å². The lowest BCUT2D eigenvalue weighted by Gasteiger charge is -2.28. The molecule has 1 saturated carbocycles. The number of anilines is 2. The second-order valence-corrected chi connectivity index (χ2v) is 8.48. The normalized spacial score (nSPS) is 17.2. The zero-order chi connectivity index (χ0) is 19.2. The van der Waals surface area contributed by atoms with E-state index in [1.807, 2.05) is 30.3 Å². The van der Waals surface area contributed by atoms with Gasteiger partial charge in [0.05, 0.1) is 11.1 Å². The molecule has 0 unspecified atom stereocenters. The number of primary amides is 1. The maximum atomic E-state index is 13.0. The molecule has 27 heavy (non-hydrogen) atoms. The standard InChI is InChI=1S/C20H19BrClN3O2/c21-14-8-13(9-15(22)10-14)20(5-6-20)18(26)24-16-4-3-12-2-1-7-25(19(23)27)17(12)11-16/h3-4,8-11H,1-2,5-7H2,(H2,23,27)(H,24,26). The Morgan fingerprint density at radius 2 is 1.96 bits per heavy atom. The van der Waals surface area contributed by atoms with E-state index in [1.54, 1.807) is 11.0 Å². The van der Waals surface area contributed by atoms with Crippen LogP contribution >= 0.6 is 27.5 Å². The minimum absolute atomic E-state index is 0.0574. The molecular formula is C20H19BrClN3O2. The molecule has 2 aromatic carbocycles. The molecule has 0 atom stereocenters. The van der Waals surface area contributed by atoms with Gasteiger partial charge in [-0.25, -0.2) is 4.79 Å². The van der Waals surface area contributed by atoms with Gasteiger partial charge in [-0.2, -0.15) is 0 Å². The first-order chi connectivity index (χ1) is 12.9. The molecule has 5 nitrogen and oxygen atoms in total. The number of rotatable bonds is 3. The molecule has 0 aromatic heterocycles. The summed E-state index contributed by atoms with van der Waals surface area (Å²) < 4.78 is 0.856. The number of hydrogen-bond donors (Lipinski definition) is 2. The Balaban J connectivity index is 1.60. The lowest BCUT2D eigenvalue weighted by Crippen LogP contribution is -2.39. The van der Waals surface area contributed by atoms with Crippen molar-refractivity contribution in [2.24, 2.45) is 5.73 Å². The fourth-order valence-corrected chi connectivity index (χ4v) is 4.59. The predicted octanol–water partition coefficient (Wildman–Crippen LogP) is 4.60. The van der Waals surface area contributed by atoms with E-state index < -0.39 is 11.4 Å². The average Bonchev–Trinajstić information content (AvgIpc) is 3.42. The van der Waals surface area contributed by atoms with Gasteiger partial charge in [-0.3, -0.25) is 9.69 Å². The van der Waals surface area contributed by atoms with Crippen molar-refractivity contribution in [2.75, 3.05) is 16.8 Å². The zero-order valence-corrected chi connectivity index (χ0v) is 16.9. The molecule has 1 heterocycles. The van der Waals surface area contributed by atoms with Gasteiger partial charge in [0.2, 0.25) is 5.91 Å². The number of halogens is 2. The van der Waals surface area contributed by atoms with Crippen LogP contribution < -0.4 is 16.0 Å². The smallest absolute Gasteiger partial charge is 0.319 e. The summed E-state index contributed by atoms with van der Waals surface area (Å²) in [5, 5.41) is 3.62. The molecule has 1 aliphatic heterocycles. The second kappa shape index (κ2) is 6.84. The lowest BCUT2D eigenvalue weighted by atomic mass is 9.94. The van der Waals surface area contributed by atoms with Crippen molar-refractivity contribution in [3.05, 3.63) is 57.0 Å². The molecule has 2 aromatic rings. The Morgan fingerprint density at radius 1 is 1.19 bits per heavy atom. The molecule has 4 rings (SSSR count). The summed E-state index contributed by atoms with van der Waals surface area (Å²) >= 11 is 9.61. The quantitative estimate of drug-likeness (QED) is 0.720. The number of amides is 3. The molecule has 7 heteroatoms. The highest BCUT2D eigenvalue weighted by Crippen LogP contribution is 2.50. The van der Waals surface area contributed by atoms with Crippen molar-refractivity contribution in [3.8, 4) is 0 Å². The van der Waals surface area contributed by atoms with Crippen LogP contribution in [0.2, 0.25) is 5.02 Å². The van der Waals surface area contributed by atoms with Crippen LogP contribution in [0.5, 0.6) is 0 Å². The third-order valence-corrected chi connectivity index (χ3v) is 6.00. The Kier molecular flexibility index (Phi) is 4.64. The van der Waals surface area contributed by atoms with Gasteiger partial charge in [0.1, 0.15) is 0 Å². The number of carbonyl (C=O) groups excluding carboxylic acids is 2. The topological polar surface area (TPSA) is 75.4 Å². The van der Waals surface area contributed by atoms with E-state index in [0.29, 0.717) is 17.3 Å². The molecule has 3 N–H and O–H groups in total. The molecule has 2 aliphatic rings. The minimum Gasteiger partial charge on any atom is -0.351 e. The first kappa shape index (κ1) is 18.3. The second-order valence-electron chi connectivity index (χ2n) is 7.13. The van der Waals surface area contributed by atoms with Crippen LogP contribution in [0.15, 0.2) is 40.9 Å². The average molecular weight is 449 g/mol. The van der Waals surface area contributed by atoms with E-state index in [0.717, 1.165) is 47.0 Å². The number of carbonyl (C=O) groups is 2. The van der Waals surface area contributed by atoms with Crippen molar-refractivity contribution in [2.45, 2.75) is 31.1 Å². The number of aryl methyl sites for hydroxylation is 1. The SMILES string of the molecule is NC(=O)N1CCCc2ccc(NC(=O)C3(c4cc(Cl)cc(Br)c4)CC3)cc21. The summed E-state index contributed by atoms with van der Waals surface area (Å²) in [6.07, 6.45) is 3.34. The fraction of sp³-hybridized carbons (Fsp3) is 0.300. The van der Waals surface area contributed by atoms with Crippen molar-refractivity contribution >= 4 is 50.8 Å². The van der Waals surface area contributed by atoms with Crippen LogP contribution in [-0.2, 0) is 16.6 Å². The van der Waals surface area contributed by atoms with Gasteiger partial charge in [-0.1, -0.05) is 33.6 Å². The Hall–Kier alpha value is -2.05. The molecule has 0 bridgehead atoms. The Labute approximate surface area is 171 Å². The van der Waals surface area contributed by atoms with Gasteiger partial charge in [-0.15, -0.1) is 0 Å². The summed E-state index contributed by atoms with van der Waals surface area (Å²) in [7, 11) is 0. The van der Waals surface area contributed by atoms with E-state index in [-0.39, 0.29) is 5.91 Å². The number of nitrogens with zero attached hydrogens (tertiary/aromatic N) is 1. The fourth-order valence-electron chi connectivity index (χ4n) is 3.73. The Morgan fingerprint density at radius 3 is 2.63 bits per heavy atom. The van der Waals surface area contributed by atoms with Crippen LogP contribution in [-0.4, -0.2) is 18.5 Å². The van der Waals surface area contributed by atoms with E-state index in [4.69, 9.17) is 17.3 Å². The van der Waals surface area contributed by atoms with Crippen LogP contribution in [0.1, 0.15) is 30.4 Å². The summed E-state index contributed by atoms with van der Waals surface area (Å²) in [5.41, 5.74) is 8.38. The van der Waals surface area contributed by atoms with Crippen LogP contribution in [0.4, 0.5) is 16.2 Å². The monoisotopic (exact) mass is 447 g/mol. The molecule has 140 valence electrons. The summed E-state index contributed by atoms with van der Waals surface area (Å²) in [6.45, 7) is 0.597. The Bertz CT molecular complexity index is 923. The molecule has 3 amide bonds. The maximum absolute atomic E-state index is 13.0. The highest BCUT2D eigenvalue weighted by atomic mass is 79.9. The molecule has 0 spiro atoms. The molecule has 0 radical (unpaired) electrons. The first-order valence-corrected chi connectivity index (χ1v) is 10.0. The van der Waals surface area contributed by atoms with Gasteiger partial charge in [0.15, 0.2) is 0 Å². The zero-order valence-electron chi connectivity index (χ0n) is 14.6. The van der Waals surface area contributed by atoms with Crippen LogP contribution in [0.25, 0.3) is 0 Å². The van der Waals surface area contributed by atoms with E-state index in [1.165, 1.54) is 0 Å². The van der Waals surface area contributed by atoms with Crippen LogP contribution in [0.3, 0.4) is 0 Å². The third-order valence-electron chi connectivity index (χ3n) is 5.33. The lowest BCUT2D eigenvalue weighted by molar-refractivity contribution is -0.118. The predicted molar refractivity (Wildman–Crippen MR) is 110 cm³/mol. The number of hydrogen-bond acceptors (Lipinski definition) is 2. The first-order valence-electron chi connectivity index (χ1n) is 8.87. The van der Waals surface area contributed by atoms with Crippen molar-refractivity contribution < 1.29 is 9.59 Å². The highest BCUT2D eigenvalue weighted by Gasteiger charge is 2.51. The molecule has 1 fully saturated rings. The number of benzene rings is 2. The van der Waals surface area contributed by atoms with Gasteiger partial charge in [0, 0.05) is 21.7 Å². The molecule has 0 saturated heterocycles. The maximum Gasteiger partial charge on any atom is 0.319 e. The third kappa shape index (κ3) is 3.44.